The van der Waals surface area contributed by atoms with Gasteiger partial charge in [-0.15, -0.1) is 0 Å². The highest BCUT2D eigenvalue weighted by molar-refractivity contribution is 5.75. The van der Waals surface area contributed by atoms with Gasteiger partial charge in [-0.05, 0) is 24.8 Å². The summed E-state index contributed by atoms with van der Waals surface area (Å²) in [6, 6.07) is 0. The van der Waals surface area contributed by atoms with Gasteiger partial charge in [0.05, 0.1) is 0 Å². The molecule has 0 heterocycles. The van der Waals surface area contributed by atoms with Crippen LogP contribution in [-0.4, -0.2) is 19.0 Å². The standard InChI is InChI=1S/C12H26N2O/c1-4-5-6-7-11(15)14-10-12(2,3)8-9-13/h4-10,13H2,1-3H3,(H,14,15). The first-order chi connectivity index (χ1) is 7.02. The molecule has 90 valence electrons. The van der Waals surface area contributed by atoms with Crippen molar-refractivity contribution in [1.29, 1.82) is 0 Å². The van der Waals surface area contributed by atoms with E-state index in [1.807, 2.05) is 0 Å². The maximum absolute atomic E-state index is 11.4. The van der Waals surface area contributed by atoms with E-state index >= 15 is 0 Å². The molecule has 0 aliphatic rings. The molecule has 3 N–H and O–H groups in total. The molecule has 0 bridgehead atoms. The lowest BCUT2D eigenvalue weighted by molar-refractivity contribution is -0.121. The summed E-state index contributed by atoms with van der Waals surface area (Å²) in [5.74, 6) is 0.175. The minimum atomic E-state index is 0.120. The van der Waals surface area contributed by atoms with Crippen LogP contribution in [0.5, 0.6) is 0 Å². The molecule has 0 radical (unpaired) electrons. The molecule has 0 aromatic heterocycles. The van der Waals surface area contributed by atoms with E-state index in [2.05, 4.69) is 26.1 Å². The van der Waals surface area contributed by atoms with Crippen LogP contribution in [0.2, 0.25) is 0 Å². The Morgan fingerprint density at radius 3 is 2.53 bits per heavy atom. The van der Waals surface area contributed by atoms with E-state index in [0.29, 0.717) is 13.0 Å². The van der Waals surface area contributed by atoms with Crippen molar-refractivity contribution < 1.29 is 4.79 Å². The third kappa shape index (κ3) is 8.43. The van der Waals surface area contributed by atoms with E-state index < -0.39 is 0 Å². The Balaban J connectivity index is 3.60. The van der Waals surface area contributed by atoms with Crippen molar-refractivity contribution in [1.82, 2.24) is 5.32 Å². The van der Waals surface area contributed by atoms with Crippen LogP contribution in [0.25, 0.3) is 0 Å². The quantitative estimate of drug-likeness (QED) is 0.608. The van der Waals surface area contributed by atoms with Crippen molar-refractivity contribution in [3.8, 4) is 0 Å². The molecule has 0 atom stereocenters. The van der Waals surface area contributed by atoms with Crippen LogP contribution in [0.3, 0.4) is 0 Å². The fourth-order valence-corrected chi connectivity index (χ4v) is 1.44. The predicted molar refractivity (Wildman–Crippen MR) is 64.6 cm³/mol. The summed E-state index contributed by atoms with van der Waals surface area (Å²) in [7, 11) is 0. The monoisotopic (exact) mass is 214 g/mol. The van der Waals surface area contributed by atoms with E-state index in [4.69, 9.17) is 5.73 Å². The van der Waals surface area contributed by atoms with E-state index in [9.17, 15) is 4.79 Å². The van der Waals surface area contributed by atoms with Crippen LogP contribution in [-0.2, 0) is 4.79 Å². The maximum Gasteiger partial charge on any atom is 0.220 e. The highest BCUT2D eigenvalue weighted by Crippen LogP contribution is 2.17. The molecule has 0 aliphatic heterocycles. The van der Waals surface area contributed by atoms with Gasteiger partial charge in [0, 0.05) is 13.0 Å². The zero-order valence-corrected chi connectivity index (χ0v) is 10.4. The van der Waals surface area contributed by atoms with Gasteiger partial charge in [-0.2, -0.15) is 0 Å². The van der Waals surface area contributed by atoms with Gasteiger partial charge in [0.2, 0.25) is 5.91 Å². The Hall–Kier alpha value is -0.570. The SMILES string of the molecule is CCCCCC(=O)NCC(C)(C)CCN. The van der Waals surface area contributed by atoms with E-state index in [0.717, 1.165) is 32.2 Å². The molecule has 0 spiro atoms. The molecule has 0 fully saturated rings. The van der Waals surface area contributed by atoms with E-state index in [-0.39, 0.29) is 11.3 Å². The number of carbonyl (C=O) groups excluding carboxylic acids is 1. The first-order valence-electron chi connectivity index (χ1n) is 5.98. The first-order valence-corrected chi connectivity index (χ1v) is 5.98. The number of rotatable bonds is 8. The second kappa shape index (κ2) is 7.69. The van der Waals surface area contributed by atoms with Gasteiger partial charge < -0.3 is 11.1 Å². The summed E-state index contributed by atoms with van der Waals surface area (Å²) in [4.78, 5) is 11.4. The van der Waals surface area contributed by atoms with Crippen molar-refractivity contribution in [3.63, 3.8) is 0 Å². The summed E-state index contributed by atoms with van der Waals surface area (Å²) in [5, 5.41) is 2.97. The molecule has 0 saturated carbocycles. The molecule has 3 heteroatoms. The molecule has 1 amide bonds. The molecule has 0 aromatic rings. The topological polar surface area (TPSA) is 55.1 Å². The zero-order valence-electron chi connectivity index (χ0n) is 10.4. The highest BCUT2D eigenvalue weighted by atomic mass is 16.1. The van der Waals surface area contributed by atoms with Crippen molar-refractivity contribution in [2.24, 2.45) is 11.1 Å². The smallest absolute Gasteiger partial charge is 0.220 e. The number of hydrogen-bond acceptors (Lipinski definition) is 2. The average Bonchev–Trinajstić information content (AvgIpc) is 2.15. The van der Waals surface area contributed by atoms with Crippen LogP contribution >= 0.6 is 0 Å². The molecule has 0 aromatic carbocycles. The molecule has 0 rings (SSSR count). The molecule has 3 nitrogen and oxygen atoms in total. The summed E-state index contributed by atoms with van der Waals surface area (Å²) in [5.41, 5.74) is 5.63. The van der Waals surface area contributed by atoms with Crippen molar-refractivity contribution in [2.45, 2.75) is 52.9 Å². The first kappa shape index (κ1) is 14.4. The van der Waals surface area contributed by atoms with Crippen LogP contribution in [0.1, 0.15) is 52.9 Å². The van der Waals surface area contributed by atoms with Crippen LogP contribution in [0, 0.1) is 5.41 Å². The predicted octanol–water partition coefficient (Wildman–Crippen LogP) is 2.06. The fraction of sp³-hybridized carbons (Fsp3) is 0.917. The molecular formula is C12H26N2O. The number of amides is 1. The van der Waals surface area contributed by atoms with E-state index in [1.54, 1.807) is 0 Å². The Morgan fingerprint density at radius 1 is 1.33 bits per heavy atom. The summed E-state index contributed by atoms with van der Waals surface area (Å²) in [6.45, 7) is 7.81. The van der Waals surface area contributed by atoms with Gasteiger partial charge in [-0.1, -0.05) is 33.6 Å². The molecular weight excluding hydrogens is 188 g/mol. The summed E-state index contributed by atoms with van der Waals surface area (Å²) >= 11 is 0. The number of nitrogens with one attached hydrogen (secondary N) is 1. The molecule has 0 unspecified atom stereocenters. The van der Waals surface area contributed by atoms with Gasteiger partial charge >= 0.3 is 0 Å². The number of carbonyl (C=O) groups is 1. The van der Waals surface area contributed by atoms with Crippen molar-refractivity contribution >= 4 is 5.91 Å². The Kier molecular flexibility index (Phi) is 7.39. The summed E-state index contributed by atoms with van der Waals surface area (Å²) < 4.78 is 0. The Labute approximate surface area is 93.8 Å². The fourth-order valence-electron chi connectivity index (χ4n) is 1.44. The van der Waals surface area contributed by atoms with Crippen LogP contribution in [0.15, 0.2) is 0 Å². The van der Waals surface area contributed by atoms with Crippen molar-refractivity contribution in [3.05, 3.63) is 0 Å². The molecule has 15 heavy (non-hydrogen) atoms. The summed E-state index contributed by atoms with van der Waals surface area (Å²) in [6.07, 6.45) is 4.90. The third-order valence-corrected chi connectivity index (χ3v) is 2.59. The van der Waals surface area contributed by atoms with E-state index in [1.165, 1.54) is 0 Å². The largest absolute Gasteiger partial charge is 0.356 e. The third-order valence-electron chi connectivity index (χ3n) is 2.59. The molecule has 0 saturated heterocycles. The van der Waals surface area contributed by atoms with Gasteiger partial charge in [0.25, 0.3) is 0 Å². The Morgan fingerprint density at radius 2 is 2.00 bits per heavy atom. The second-order valence-electron chi connectivity index (χ2n) is 4.94. The normalized spacial score (nSPS) is 11.5. The lowest BCUT2D eigenvalue weighted by Crippen LogP contribution is -2.35. The number of unbranched alkanes of at least 4 members (excludes halogenated alkanes) is 2. The number of nitrogens with two attached hydrogens (primary N) is 1. The minimum absolute atomic E-state index is 0.120. The van der Waals surface area contributed by atoms with Gasteiger partial charge in [-0.3, -0.25) is 4.79 Å². The Bertz CT molecular complexity index is 178. The zero-order chi connectivity index (χ0) is 11.7. The lowest BCUT2D eigenvalue weighted by atomic mass is 9.89. The maximum atomic E-state index is 11.4. The lowest BCUT2D eigenvalue weighted by Gasteiger charge is -2.24. The van der Waals surface area contributed by atoms with Gasteiger partial charge in [0.15, 0.2) is 0 Å². The molecule has 0 aliphatic carbocycles. The van der Waals surface area contributed by atoms with Crippen LogP contribution < -0.4 is 11.1 Å². The number of hydrogen-bond donors (Lipinski definition) is 2. The van der Waals surface area contributed by atoms with Crippen LogP contribution in [0.4, 0.5) is 0 Å². The second-order valence-corrected chi connectivity index (χ2v) is 4.94. The van der Waals surface area contributed by atoms with Gasteiger partial charge in [0.1, 0.15) is 0 Å². The highest BCUT2D eigenvalue weighted by Gasteiger charge is 2.17. The average molecular weight is 214 g/mol. The van der Waals surface area contributed by atoms with Gasteiger partial charge in [-0.25, -0.2) is 0 Å². The minimum Gasteiger partial charge on any atom is -0.356 e. The van der Waals surface area contributed by atoms with Crippen molar-refractivity contribution in [2.75, 3.05) is 13.1 Å².